The van der Waals surface area contributed by atoms with Crippen LogP contribution in [0, 0.1) is 11.8 Å². The van der Waals surface area contributed by atoms with Gasteiger partial charge in [0.15, 0.2) is 0 Å². The van der Waals surface area contributed by atoms with Crippen molar-refractivity contribution in [3.63, 3.8) is 0 Å². The molecule has 18 heavy (non-hydrogen) atoms. The lowest BCUT2D eigenvalue weighted by Gasteiger charge is -2.19. The van der Waals surface area contributed by atoms with Gasteiger partial charge in [-0.2, -0.15) is 0 Å². The zero-order valence-electron chi connectivity index (χ0n) is 10.3. The van der Waals surface area contributed by atoms with E-state index in [1.165, 1.54) is 0 Å². The molecule has 2 unspecified atom stereocenters. The van der Waals surface area contributed by atoms with Crippen molar-refractivity contribution in [2.24, 2.45) is 11.8 Å². The zero-order chi connectivity index (χ0) is 13.1. The van der Waals surface area contributed by atoms with E-state index < -0.39 is 5.97 Å². The third-order valence-electron chi connectivity index (χ3n) is 3.48. The summed E-state index contributed by atoms with van der Waals surface area (Å²) in [6, 6.07) is 3.60. The van der Waals surface area contributed by atoms with Crippen LogP contribution < -0.4 is 0 Å². The van der Waals surface area contributed by atoms with Crippen molar-refractivity contribution in [2.45, 2.75) is 25.8 Å². The Labute approximate surface area is 105 Å². The number of nitrogens with zero attached hydrogens (tertiary/aromatic N) is 1. The van der Waals surface area contributed by atoms with Gasteiger partial charge >= 0.3 is 5.97 Å². The van der Waals surface area contributed by atoms with Crippen LogP contribution in [0.1, 0.15) is 25.0 Å². The van der Waals surface area contributed by atoms with Gasteiger partial charge < -0.3 is 14.4 Å². The summed E-state index contributed by atoms with van der Waals surface area (Å²) in [6.07, 6.45) is 3.29. The van der Waals surface area contributed by atoms with Crippen LogP contribution >= 0.6 is 0 Å². The molecule has 1 aromatic heterocycles. The fraction of sp³-hybridized carbons (Fsp3) is 0.538. The van der Waals surface area contributed by atoms with Gasteiger partial charge in [0.05, 0.1) is 18.7 Å². The standard InChI is InChI=1S/C13H17NO4/c1-14(8-11-3-2-6-18-11)12(15)9-4-5-10(7-9)13(16)17/h2-3,6,9-10H,4-5,7-8H2,1H3,(H,16,17). The molecule has 1 N–H and O–H groups in total. The van der Waals surface area contributed by atoms with Gasteiger partial charge in [0.1, 0.15) is 5.76 Å². The molecule has 5 nitrogen and oxygen atoms in total. The van der Waals surface area contributed by atoms with Crippen molar-refractivity contribution in [1.82, 2.24) is 4.90 Å². The van der Waals surface area contributed by atoms with E-state index in [-0.39, 0.29) is 17.7 Å². The second-order valence-electron chi connectivity index (χ2n) is 4.82. The Kier molecular flexibility index (Phi) is 3.69. The first-order valence-electron chi connectivity index (χ1n) is 6.08. The first-order valence-corrected chi connectivity index (χ1v) is 6.08. The topological polar surface area (TPSA) is 70.8 Å². The van der Waals surface area contributed by atoms with Gasteiger partial charge in [0.2, 0.25) is 5.91 Å². The second-order valence-corrected chi connectivity index (χ2v) is 4.82. The SMILES string of the molecule is CN(Cc1ccco1)C(=O)C1CCC(C(=O)O)C1. The number of carbonyl (C=O) groups is 2. The highest BCUT2D eigenvalue weighted by molar-refractivity contribution is 5.80. The smallest absolute Gasteiger partial charge is 0.306 e. The van der Waals surface area contributed by atoms with Crippen LogP contribution in [0.3, 0.4) is 0 Å². The van der Waals surface area contributed by atoms with E-state index in [0.29, 0.717) is 25.8 Å². The Morgan fingerprint density at radius 1 is 1.44 bits per heavy atom. The van der Waals surface area contributed by atoms with Crippen LogP contribution in [0.4, 0.5) is 0 Å². The molecule has 0 saturated heterocycles. The maximum Gasteiger partial charge on any atom is 0.306 e. The average molecular weight is 251 g/mol. The molecule has 1 amide bonds. The lowest BCUT2D eigenvalue weighted by molar-refractivity contribution is -0.141. The maximum atomic E-state index is 12.1. The number of carboxylic acid groups (broad SMARTS) is 1. The molecule has 5 heteroatoms. The van der Waals surface area contributed by atoms with E-state index in [0.717, 1.165) is 5.76 Å². The molecular formula is C13H17NO4. The van der Waals surface area contributed by atoms with E-state index >= 15 is 0 Å². The highest BCUT2D eigenvalue weighted by atomic mass is 16.4. The molecule has 1 heterocycles. The number of aliphatic carboxylic acids is 1. The van der Waals surface area contributed by atoms with Gasteiger partial charge in [0.25, 0.3) is 0 Å². The van der Waals surface area contributed by atoms with Crippen LogP contribution in [-0.2, 0) is 16.1 Å². The number of hydrogen-bond acceptors (Lipinski definition) is 3. The van der Waals surface area contributed by atoms with Gasteiger partial charge in [-0.1, -0.05) is 0 Å². The molecule has 1 aromatic rings. The number of hydrogen-bond donors (Lipinski definition) is 1. The Bertz CT molecular complexity index is 426. The summed E-state index contributed by atoms with van der Waals surface area (Å²) in [7, 11) is 1.72. The molecule has 1 fully saturated rings. The van der Waals surface area contributed by atoms with Crippen molar-refractivity contribution in [2.75, 3.05) is 7.05 Å². The predicted octanol–water partition coefficient (Wildman–Crippen LogP) is 1.74. The Morgan fingerprint density at radius 3 is 2.72 bits per heavy atom. The third-order valence-corrected chi connectivity index (χ3v) is 3.48. The summed E-state index contributed by atoms with van der Waals surface area (Å²) < 4.78 is 5.19. The normalized spacial score (nSPS) is 22.9. The molecule has 2 atom stereocenters. The molecule has 0 aromatic carbocycles. The second kappa shape index (κ2) is 5.25. The molecule has 0 spiro atoms. The van der Waals surface area contributed by atoms with Crippen molar-refractivity contribution in [3.8, 4) is 0 Å². The summed E-state index contributed by atoms with van der Waals surface area (Å²) in [6.45, 7) is 0.431. The first-order chi connectivity index (χ1) is 8.58. The minimum atomic E-state index is -0.793. The fourth-order valence-corrected chi connectivity index (χ4v) is 2.46. The van der Waals surface area contributed by atoms with Crippen LogP contribution in [-0.4, -0.2) is 28.9 Å². The summed E-state index contributed by atoms with van der Waals surface area (Å²) in [4.78, 5) is 24.6. The van der Waals surface area contributed by atoms with Crippen molar-refractivity contribution in [1.29, 1.82) is 0 Å². The highest BCUT2D eigenvalue weighted by Crippen LogP contribution is 2.32. The lowest BCUT2D eigenvalue weighted by atomic mass is 10.0. The van der Waals surface area contributed by atoms with Gasteiger partial charge in [0, 0.05) is 13.0 Å². The predicted molar refractivity (Wildman–Crippen MR) is 63.6 cm³/mol. The van der Waals surface area contributed by atoms with Gasteiger partial charge in [-0.05, 0) is 31.4 Å². The van der Waals surface area contributed by atoms with Crippen LogP contribution in [0.25, 0.3) is 0 Å². The van der Waals surface area contributed by atoms with E-state index in [4.69, 9.17) is 9.52 Å². The molecule has 1 saturated carbocycles. The number of amides is 1. The highest BCUT2D eigenvalue weighted by Gasteiger charge is 2.35. The van der Waals surface area contributed by atoms with Crippen molar-refractivity contribution in [3.05, 3.63) is 24.2 Å². The van der Waals surface area contributed by atoms with Crippen LogP contribution in [0.5, 0.6) is 0 Å². The average Bonchev–Trinajstić information content (AvgIpc) is 2.98. The largest absolute Gasteiger partial charge is 0.481 e. The minimum Gasteiger partial charge on any atom is -0.481 e. The quantitative estimate of drug-likeness (QED) is 0.884. The fourth-order valence-electron chi connectivity index (χ4n) is 2.46. The molecule has 0 radical (unpaired) electrons. The van der Waals surface area contributed by atoms with Crippen LogP contribution in [0.15, 0.2) is 22.8 Å². The number of carbonyl (C=O) groups excluding carboxylic acids is 1. The molecule has 1 aliphatic rings. The van der Waals surface area contributed by atoms with Crippen molar-refractivity contribution >= 4 is 11.9 Å². The van der Waals surface area contributed by atoms with Gasteiger partial charge in [-0.15, -0.1) is 0 Å². The van der Waals surface area contributed by atoms with Gasteiger partial charge in [-0.25, -0.2) is 0 Å². The van der Waals surface area contributed by atoms with Gasteiger partial charge in [-0.3, -0.25) is 9.59 Å². The zero-order valence-corrected chi connectivity index (χ0v) is 10.3. The lowest BCUT2D eigenvalue weighted by Crippen LogP contribution is -2.31. The number of carboxylic acids is 1. The molecule has 2 rings (SSSR count). The number of rotatable bonds is 4. The summed E-state index contributed by atoms with van der Waals surface area (Å²) >= 11 is 0. The Hall–Kier alpha value is -1.78. The molecular weight excluding hydrogens is 234 g/mol. The van der Waals surface area contributed by atoms with Crippen molar-refractivity contribution < 1.29 is 19.1 Å². The van der Waals surface area contributed by atoms with E-state index in [1.54, 1.807) is 24.3 Å². The van der Waals surface area contributed by atoms with E-state index in [9.17, 15) is 9.59 Å². The Balaban J connectivity index is 1.90. The Morgan fingerprint density at radius 2 is 2.17 bits per heavy atom. The molecule has 1 aliphatic carbocycles. The minimum absolute atomic E-state index is 0.00940. The molecule has 0 bridgehead atoms. The summed E-state index contributed by atoms with van der Waals surface area (Å²) in [5.41, 5.74) is 0. The first kappa shape index (κ1) is 12.7. The van der Waals surface area contributed by atoms with Crippen LogP contribution in [0.2, 0.25) is 0 Å². The van der Waals surface area contributed by atoms with E-state index in [2.05, 4.69) is 0 Å². The third kappa shape index (κ3) is 2.72. The summed E-state index contributed by atoms with van der Waals surface area (Å²) in [5.74, 6) is -0.574. The summed E-state index contributed by atoms with van der Waals surface area (Å²) in [5, 5.41) is 8.92. The molecule has 0 aliphatic heterocycles. The van der Waals surface area contributed by atoms with E-state index in [1.807, 2.05) is 6.07 Å². The molecule has 98 valence electrons. The monoisotopic (exact) mass is 251 g/mol. The maximum absolute atomic E-state index is 12.1. The number of furan rings is 1.